The Balaban J connectivity index is 1.29. The molecule has 0 atom stereocenters. The number of ketones is 1. The number of para-hydroxylation sites is 1. The van der Waals surface area contributed by atoms with Crippen LogP contribution in [0.2, 0.25) is 0 Å². The Morgan fingerprint density at radius 3 is 2.44 bits per heavy atom. The molecule has 1 aliphatic heterocycles. The maximum absolute atomic E-state index is 13.1. The Hall–Kier alpha value is -3.32. The molecule has 1 saturated heterocycles. The van der Waals surface area contributed by atoms with Crippen molar-refractivity contribution in [2.45, 2.75) is 39.7 Å². The summed E-state index contributed by atoms with van der Waals surface area (Å²) in [5, 5.41) is 9.37. The second-order valence-electron chi connectivity index (χ2n) is 9.84. The largest absolute Gasteiger partial charge is 0.296 e. The average molecular weight is 458 g/mol. The lowest BCUT2D eigenvalue weighted by atomic mass is 9.88. The molecule has 176 valence electrons. The van der Waals surface area contributed by atoms with Gasteiger partial charge in [-0.15, -0.1) is 10.2 Å². The van der Waals surface area contributed by atoms with Crippen molar-refractivity contribution in [1.82, 2.24) is 24.1 Å². The number of aromatic nitrogens is 4. The predicted octanol–water partition coefficient (Wildman–Crippen LogP) is 3.87. The monoisotopic (exact) mass is 457 g/mol. The summed E-state index contributed by atoms with van der Waals surface area (Å²) in [5.41, 5.74) is 2.86. The zero-order chi connectivity index (χ0) is 23.8. The first-order chi connectivity index (χ1) is 16.4. The number of aryl methyl sites for hydroxylation is 1. The summed E-state index contributed by atoms with van der Waals surface area (Å²) < 4.78 is 3.53. The van der Waals surface area contributed by atoms with E-state index in [1.807, 2.05) is 40.8 Å². The van der Waals surface area contributed by atoms with Gasteiger partial charge in [-0.2, -0.15) is 0 Å². The summed E-state index contributed by atoms with van der Waals surface area (Å²) in [5.74, 6) is 2.28. The van der Waals surface area contributed by atoms with E-state index < -0.39 is 0 Å². The predicted molar refractivity (Wildman–Crippen MR) is 133 cm³/mol. The van der Waals surface area contributed by atoms with Gasteiger partial charge in [-0.1, -0.05) is 50.2 Å². The summed E-state index contributed by atoms with van der Waals surface area (Å²) in [6, 6.07) is 15.7. The van der Waals surface area contributed by atoms with Crippen molar-refractivity contribution in [3.8, 4) is 0 Å². The summed E-state index contributed by atoms with van der Waals surface area (Å²) in [6.07, 6.45) is 2.71. The molecule has 5 rings (SSSR count). The van der Waals surface area contributed by atoms with Crippen LogP contribution in [0.3, 0.4) is 0 Å². The van der Waals surface area contributed by atoms with Crippen LogP contribution in [0.15, 0.2) is 53.3 Å². The van der Waals surface area contributed by atoms with Crippen LogP contribution in [-0.4, -0.2) is 42.9 Å². The van der Waals surface area contributed by atoms with Crippen LogP contribution in [0.4, 0.5) is 0 Å². The molecule has 0 saturated carbocycles. The lowest BCUT2D eigenvalue weighted by molar-refractivity contribution is 0.0832. The lowest BCUT2D eigenvalue weighted by Gasteiger charge is -2.30. The Bertz CT molecular complexity index is 1390. The number of likely N-dealkylation sites (tertiary alicyclic amines) is 1. The van der Waals surface area contributed by atoms with Crippen LogP contribution >= 0.6 is 0 Å². The van der Waals surface area contributed by atoms with Gasteiger partial charge in [0, 0.05) is 18.5 Å². The molecule has 0 amide bonds. The standard InChI is InChI=1S/C27H31N5O2/c1-18(2)16-19-8-10-20(11-9-19)25(33)21-12-14-31(15-13-21)17-24-28-29-27-30(3)26(34)22-6-4-5-7-23(22)32(24)27/h4-11,18,21H,12-17H2,1-3H3. The Morgan fingerprint density at radius 2 is 1.74 bits per heavy atom. The van der Waals surface area contributed by atoms with Crippen molar-refractivity contribution in [2.24, 2.45) is 18.9 Å². The van der Waals surface area contributed by atoms with Gasteiger partial charge >= 0.3 is 0 Å². The third kappa shape index (κ3) is 4.16. The SMILES string of the molecule is CC(C)Cc1ccc(C(=O)C2CCN(Cc3nnc4n(C)c(=O)c5ccccc5n34)CC2)cc1. The number of hydrogen-bond acceptors (Lipinski definition) is 5. The highest BCUT2D eigenvalue weighted by atomic mass is 16.1. The number of carbonyl (C=O) groups excluding carboxylic acids is 1. The second-order valence-corrected chi connectivity index (χ2v) is 9.84. The zero-order valence-corrected chi connectivity index (χ0v) is 20.1. The molecule has 0 radical (unpaired) electrons. The zero-order valence-electron chi connectivity index (χ0n) is 20.1. The van der Waals surface area contributed by atoms with Gasteiger partial charge in [0.05, 0.1) is 17.4 Å². The van der Waals surface area contributed by atoms with Gasteiger partial charge in [-0.05, 0) is 56.0 Å². The number of nitrogens with zero attached hydrogens (tertiary/aromatic N) is 5. The van der Waals surface area contributed by atoms with Crippen LogP contribution in [0.5, 0.6) is 0 Å². The van der Waals surface area contributed by atoms with Crippen molar-refractivity contribution in [1.29, 1.82) is 0 Å². The number of carbonyl (C=O) groups is 1. The van der Waals surface area contributed by atoms with Crippen molar-refractivity contribution < 1.29 is 4.79 Å². The third-order valence-electron chi connectivity index (χ3n) is 6.90. The molecule has 0 bridgehead atoms. The van der Waals surface area contributed by atoms with Gasteiger partial charge in [-0.3, -0.25) is 23.5 Å². The summed E-state index contributed by atoms with van der Waals surface area (Å²) in [6.45, 7) is 6.71. The minimum absolute atomic E-state index is 0.0593. The number of Topliss-reactive ketones (excluding diaryl/α,β-unsaturated/α-hetero) is 1. The van der Waals surface area contributed by atoms with E-state index in [9.17, 15) is 9.59 Å². The molecule has 34 heavy (non-hydrogen) atoms. The highest BCUT2D eigenvalue weighted by molar-refractivity contribution is 5.97. The van der Waals surface area contributed by atoms with Gasteiger partial charge in [0.25, 0.3) is 5.56 Å². The van der Waals surface area contributed by atoms with E-state index in [4.69, 9.17) is 0 Å². The first kappa shape index (κ1) is 22.5. The number of fused-ring (bicyclic) bond motifs is 3. The molecule has 1 aliphatic rings. The molecule has 7 heteroatoms. The number of hydrogen-bond donors (Lipinski definition) is 0. The molecule has 0 spiro atoms. The van der Waals surface area contributed by atoms with E-state index in [-0.39, 0.29) is 17.3 Å². The quantitative estimate of drug-likeness (QED) is 0.411. The van der Waals surface area contributed by atoms with Crippen LogP contribution in [0, 0.1) is 11.8 Å². The van der Waals surface area contributed by atoms with E-state index in [0.29, 0.717) is 23.6 Å². The fourth-order valence-electron chi connectivity index (χ4n) is 5.06. The van der Waals surface area contributed by atoms with Crippen molar-refractivity contribution in [2.75, 3.05) is 13.1 Å². The van der Waals surface area contributed by atoms with E-state index in [0.717, 1.165) is 49.3 Å². The Labute approximate surface area is 199 Å². The van der Waals surface area contributed by atoms with Gasteiger partial charge in [0.15, 0.2) is 11.6 Å². The van der Waals surface area contributed by atoms with Crippen LogP contribution in [-0.2, 0) is 20.0 Å². The summed E-state index contributed by atoms with van der Waals surface area (Å²) in [7, 11) is 1.73. The van der Waals surface area contributed by atoms with E-state index in [1.54, 1.807) is 11.6 Å². The normalized spacial score (nSPS) is 15.5. The highest BCUT2D eigenvalue weighted by Crippen LogP contribution is 2.24. The average Bonchev–Trinajstić information content (AvgIpc) is 3.26. The fraction of sp³-hybridized carbons (Fsp3) is 0.407. The maximum atomic E-state index is 13.1. The van der Waals surface area contributed by atoms with Crippen LogP contribution in [0.1, 0.15) is 48.4 Å². The van der Waals surface area contributed by atoms with Crippen LogP contribution < -0.4 is 5.56 Å². The lowest BCUT2D eigenvalue weighted by Crippen LogP contribution is -2.36. The molecule has 4 aromatic rings. The Morgan fingerprint density at radius 1 is 1.03 bits per heavy atom. The van der Waals surface area contributed by atoms with Gasteiger partial charge in [0.1, 0.15) is 0 Å². The number of piperidine rings is 1. The van der Waals surface area contributed by atoms with Gasteiger partial charge in [-0.25, -0.2) is 0 Å². The van der Waals surface area contributed by atoms with Crippen molar-refractivity contribution in [3.63, 3.8) is 0 Å². The summed E-state index contributed by atoms with van der Waals surface area (Å²) in [4.78, 5) is 28.1. The Kier molecular flexibility index (Phi) is 6.04. The smallest absolute Gasteiger partial charge is 0.262 e. The number of rotatable bonds is 6. The molecular formula is C27H31N5O2. The molecule has 0 aliphatic carbocycles. The molecule has 1 fully saturated rings. The van der Waals surface area contributed by atoms with E-state index in [1.165, 1.54) is 5.56 Å². The van der Waals surface area contributed by atoms with E-state index >= 15 is 0 Å². The maximum Gasteiger partial charge on any atom is 0.262 e. The first-order valence-electron chi connectivity index (χ1n) is 12.1. The fourth-order valence-corrected chi connectivity index (χ4v) is 5.06. The first-order valence-corrected chi connectivity index (χ1v) is 12.1. The van der Waals surface area contributed by atoms with E-state index in [2.05, 4.69) is 41.1 Å². The third-order valence-corrected chi connectivity index (χ3v) is 6.90. The van der Waals surface area contributed by atoms with Crippen molar-refractivity contribution in [3.05, 3.63) is 75.8 Å². The molecule has 7 nitrogen and oxygen atoms in total. The minimum atomic E-state index is -0.0707. The topological polar surface area (TPSA) is 72.5 Å². The van der Waals surface area contributed by atoms with Crippen LogP contribution in [0.25, 0.3) is 16.7 Å². The molecule has 3 heterocycles. The molecule has 2 aromatic heterocycles. The second kappa shape index (κ2) is 9.14. The molecule has 0 N–H and O–H groups in total. The number of benzene rings is 2. The van der Waals surface area contributed by atoms with Gasteiger partial charge in [0.2, 0.25) is 5.78 Å². The highest BCUT2D eigenvalue weighted by Gasteiger charge is 2.27. The molecular weight excluding hydrogens is 426 g/mol. The van der Waals surface area contributed by atoms with Gasteiger partial charge < -0.3 is 0 Å². The summed E-state index contributed by atoms with van der Waals surface area (Å²) >= 11 is 0. The molecule has 0 unspecified atom stereocenters. The van der Waals surface area contributed by atoms with Crippen molar-refractivity contribution >= 4 is 22.5 Å². The molecule has 2 aromatic carbocycles. The minimum Gasteiger partial charge on any atom is -0.296 e.